The molecule has 1 spiro atoms. The van der Waals surface area contributed by atoms with Crippen molar-refractivity contribution in [3.05, 3.63) is 34.9 Å². The van der Waals surface area contributed by atoms with Gasteiger partial charge in [-0.2, -0.15) is 0 Å². The molecule has 29 heavy (non-hydrogen) atoms. The van der Waals surface area contributed by atoms with E-state index in [1.807, 2.05) is 0 Å². The average molecular weight is 401 g/mol. The van der Waals surface area contributed by atoms with Gasteiger partial charge in [-0.25, -0.2) is 0 Å². The number of ether oxygens (including phenoxy) is 2. The molecule has 0 saturated carbocycles. The fourth-order valence-electron chi connectivity index (χ4n) is 5.00. The maximum absolute atomic E-state index is 12.4. The Morgan fingerprint density at radius 2 is 1.86 bits per heavy atom. The molecule has 3 saturated heterocycles. The van der Waals surface area contributed by atoms with Crippen LogP contribution < -0.4 is 5.32 Å². The Bertz CT molecular complexity index is 706. The molecule has 3 aliphatic heterocycles. The first-order valence-electron chi connectivity index (χ1n) is 11.3. The number of nitrogens with zero attached hydrogens (tertiary/aromatic N) is 1. The Morgan fingerprint density at radius 3 is 2.59 bits per heavy atom. The minimum absolute atomic E-state index is 0.0355. The molecular formula is C24H36N2O3. The SMILES string of the molecule is Cc1ccc(CN2CCC3(CCC(CNC(=O)C4CCOCC4)O3)CC2)cc1C. The van der Waals surface area contributed by atoms with E-state index in [9.17, 15) is 4.79 Å². The van der Waals surface area contributed by atoms with Crippen molar-refractivity contribution >= 4 is 5.91 Å². The quantitative estimate of drug-likeness (QED) is 0.823. The van der Waals surface area contributed by atoms with E-state index in [0.717, 1.165) is 58.2 Å². The topological polar surface area (TPSA) is 50.8 Å². The molecular weight excluding hydrogens is 364 g/mol. The van der Waals surface area contributed by atoms with Crippen molar-refractivity contribution in [2.24, 2.45) is 5.92 Å². The number of likely N-dealkylation sites (tertiary alicyclic amines) is 1. The lowest BCUT2D eigenvalue weighted by Gasteiger charge is -2.39. The maximum Gasteiger partial charge on any atom is 0.223 e. The Hall–Kier alpha value is -1.43. The molecule has 160 valence electrons. The van der Waals surface area contributed by atoms with E-state index in [2.05, 4.69) is 42.3 Å². The van der Waals surface area contributed by atoms with Crippen molar-refractivity contribution in [1.82, 2.24) is 10.2 Å². The molecule has 5 nitrogen and oxygen atoms in total. The normalized spacial score (nSPS) is 25.4. The number of nitrogens with one attached hydrogen (secondary N) is 1. The summed E-state index contributed by atoms with van der Waals surface area (Å²) in [5.74, 6) is 0.300. The summed E-state index contributed by atoms with van der Waals surface area (Å²) in [6, 6.07) is 6.81. The van der Waals surface area contributed by atoms with E-state index in [4.69, 9.17) is 9.47 Å². The lowest BCUT2D eigenvalue weighted by Crippen LogP contribution is -2.45. The van der Waals surface area contributed by atoms with Crippen LogP contribution >= 0.6 is 0 Å². The first-order valence-corrected chi connectivity index (χ1v) is 11.3. The van der Waals surface area contributed by atoms with Gasteiger partial charge >= 0.3 is 0 Å². The van der Waals surface area contributed by atoms with Gasteiger partial charge in [-0.15, -0.1) is 0 Å². The highest BCUT2D eigenvalue weighted by Crippen LogP contribution is 2.39. The maximum atomic E-state index is 12.4. The first kappa shape index (κ1) is 20.8. The number of rotatable bonds is 5. The fourth-order valence-corrected chi connectivity index (χ4v) is 5.00. The summed E-state index contributed by atoms with van der Waals surface area (Å²) >= 11 is 0. The van der Waals surface area contributed by atoms with Crippen LogP contribution in [0.4, 0.5) is 0 Å². The molecule has 4 rings (SSSR count). The van der Waals surface area contributed by atoms with Gasteiger partial charge in [0.1, 0.15) is 0 Å². The van der Waals surface area contributed by atoms with Crippen molar-refractivity contribution in [3.63, 3.8) is 0 Å². The number of carbonyl (C=O) groups excluding carboxylic acids is 1. The van der Waals surface area contributed by atoms with Crippen LogP contribution in [-0.2, 0) is 20.8 Å². The Morgan fingerprint density at radius 1 is 1.10 bits per heavy atom. The van der Waals surface area contributed by atoms with Crippen molar-refractivity contribution in [1.29, 1.82) is 0 Å². The molecule has 3 fully saturated rings. The number of carbonyl (C=O) groups is 1. The van der Waals surface area contributed by atoms with E-state index < -0.39 is 0 Å². The Balaban J connectivity index is 1.21. The summed E-state index contributed by atoms with van der Waals surface area (Å²) in [6.45, 7) is 9.65. The number of amides is 1. The fraction of sp³-hybridized carbons (Fsp3) is 0.708. The lowest BCUT2D eigenvalue weighted by atomic mass is 9.88. The number of aryl methyl sites for hydroxylation is 2. The largest absolute Gasteiger partial charge is 0.381 e. The first-order chi connectivity index (χ1) is 14.0. The number of hydrogen-bond acceptors (Lipinski definition) is 4. The molecule has 1 unspecified atom stereocenters. The highest BCUT2D eigenvalue weighted by Gasteiger charge is 2.42. The van der Waals surface area contributed by atoms with Gasteiger partial charge in [0.25, 0.3) is 0 Å². The van der Waals surface area contributed by atoms with E-state index >= 15 is 0 Å². The monoisotopic (exact) mass is 400 g/mol. The van der Waals surface area contributed by atoms with Crippen LogP contribution in [-0.4, -0.2) is 55.4 Å². The lowest BCUT2D eigenvalue weighted by molar-refractivity contribution is -0.129. The third kappa shape index (κ3) is 5.19. The van der Waals surface area contributed by atoms with Gasteiger partial charge in [-0.05, 0) is 69.1 Å². The summed E-state index contributed by atoms with van der Waals surface area (Å²) in [4.78, 5) is 14.9. The molecule has 0 bridgehead atoms. The highest BCUT2D eigenvalue weighted by molar-refractivity contribution is 5.78. The number of piperidine rings is 1. The molecule has 1 aromatic carbocycles. The molecule has 5 heteroatoms. The van der Waals surface area contributed by atoms with Crippen molar-refractivity contribution < 1.29 is 14.3 Å². The van der Waals surface area contributed by atoms with Gasteiger partial charge in [-0.1, -0.05) is 18.2 Å². The van der Waals surface area contributed by atoms with Crippen molar-refractivity contribution in [3.8, 4) is 0 Å². The second kappa shape index (κ2) is 9.15. The predicted molar refractivity (Wildman–Crippen MR) is 114 cm³/mol. The third-order valence-corrected chi connectivity index (χ3v) is 7.18. The zero-order chi connectivity index (χ0) is 20.3. The Labute approximate surface area is 175 Å². The van der Waals surface area contributed by atoms with Gasteiger partial charge < -0.3 is 14.8 Å². The minimum Gasteiger partial charge on any atom is -0.381 e. The zero-order valence-electron chi connectivity index (χ0n) is 18.0. The van der Waals surface area contributed by atoms with Gasteiger partial charge in [0, 0.05) is 45.3 Å². The molecule has 0 aromatic heterocycles. The van der Waals surface area contributed by atoms with Crippen LogP contribution in [0.3, 0.4) is 0 Å². The van der Waals surface area contributed by atoms with Crippen LogP contribution in [0.1, 0.15) is 55.2 Å². The smallest absolute Gasteiger partial charge is 0.223 e. The molecule has 0 radical (unpaired) electrons. The van der Waals surface area contributed by atoms with Gasteiger partial charge in [0.15, 0.2) is 0 Å². The van der Waals surface area contributed by atoms with Crippen LogP contribution in [0.5, 0.6) is 0 Å². The van der Waals surface area contributed by atoms with Crippen LogP contribution in [0.2, 0.25) is 0 Å². The van der Waals surface area contributed by atoms with E-state index in [1.54, 1.807) is 0 Å². The summed E-state index contributed by atoms with van der Waals surface area (Å²) in [5.41, 5.74) is 4.18. The van der Waals surface area contributed by atoms with Gasteiger partial charge in [0.2, 0.25) is 5.91 Å². The number of hydrogen-bond donors (Lipinski definition) is 1. The number of benzene rings is 1. The molecule has 1 N–H and O–H groups in total. The Kier molecular flexibility index (Phi) is 6.57. The summed E-state index contributed by atoms with van der Waals surface area (Å²) in [5, 5.41) is 3.14. The van der Waals surface area contributed by atoms with Crippen molar-refractivity contribution in [2.75, 3.05) is 32.8 Å². The molecule has 1 amide bonds. The molecule has 0 aliphatic carbocycles. The highest BCUT2D eigenvalue weighted by atomic mass is 16.5. The van der Waals surface area contributed by atoms with Crippen LogP contribution in [0.15, 0.2) is 18.2 Å². The molecule has 3 heterocycles. The summed E-state index contributed by atoms with van der Waals surface area (Å²) < 4.78 is 11.8. The average Bonchev–Trinajstić information content (AvgIpc) is 3.14. The van der Waals surface area contributed by atoms with Crippen molar-refractivity contribution in [2.45, 2.75) is 70.6 Å². The minimum atomic E-state index is 0.0355. The van der Waals surface area contributed by atoms with Crippen LogP contribution in [0, 0.1) is 19.8 Å². The van der Waals surface area contributed by atoms with E-state index in [-0.39, 0.29) is 23.5 Å². The van der Waals surface area contributed by atoms with Crippen LogP contribution in [0.25, 0.3) is 0 Å². The van der Waals surface area contributed by atoms with Gasteiger partial charge in [-0.3, -0.25) is 9.69 Å². The summed E-state index contributed by atoms with van der Waals surface area (Å²) in [6.07, 6.45) is 6.25. The second-order valence-electron chi connectivity index (χ2n) is 9.29. The van der Waals surface area contributed by atoms with Gasteiger partial charge in [0.05, 0.1) is 11.7 Å². The third-order valence-electron chi connectivity index (χ3n) is 7.18. The molecule has 1 aromatic rings. The molecule has 1 atom stereocenters. The molecule has 3 aliphatic rings. The standard InChI is InChI=1S/C24H36N2O3/c1-18-3-4-20(15-19(18)2)17-26-11-9-24(10-12-26)8-5-22(29-24)16-25-23(27)21-6-13-28-14-7-21/h3-4,15,21-22H,5-14,16-17H2,1-2H3,(H,25,27). The second-order valence-corrected chi connectivity index (χ2v) is 9.29. The predicted octanol–water partition coefficient (Wildman–Crippen LogP) is 3.36. The van der Waals surface area contributed by atoms with E-state index in [1.165, 1.54) is 16.7 Å². The van der Waals surface area contributed by atoms with E-state index in [0.29, 0.717) is 19.8 Å². The zero-order valence-corrected chi connectivity index (χ0v) is 18.0. The summed E-state index contributed by atoms with van der Waals surface area (Å²) in [7, 11) is 0.